The van der Waals surface area contributed by atoms with Gasteiger partial charge in [0.25, 0.3) is 0 Å². The highest BCUT2D eigenvalue weighted by atomic mass is 32.1. The average Bonchev–Trinajstić information content (AvgIpc) is 1.85. The van der Waals surface area contributed by atoms with Crippen molar-refractivity contribution < 1.29 is 0 Å². The second-order valence-electron chi connectivity index (χ2n) is 2.17. The summed E-state index contributed by atoms with van der Waals surface area (Å²) in [5, 5.41) is 6.68. The lowest BCUT2D eigenvalue weighted by Crippen LogP contribution is -2.35. The molecule has 0 aliphatic carbocycles. The van der Waals surface area contributed by atoms with Crippen molar-refractivity contribution in [3.05, 3.63) is 12.2 Å². The van der Waals surface area contributed by atoms with Crippen LogP contribution in [-0.4, -0.2) is 18.2 Å². The lowest BCUT2D eigenvalue weighted by molar-refractivity contribution is 0.893. The Hall–Kier alpha value is -0.570. The Bertz CT molecular complexity index is 132. The zero-order valence-corrected chi connectivity index (χ0v) is 7.35. The summed E-state index contributed by atoms with van der Waals surface area (Å²) < 4.78 is 0. The minimum absolute atomic E-state index is 0.700. The molecular weight excluding hydrogens is 144 g/mol. The van der Waals surface area contributed by atoms with Gasteiger partial charge in [-0.25, -0.2) is 0 Å². The van der Waals surface area contributed by atoms with E-state index >= 15 is 0 Å². The first-order valence-electron chi connectivity index (χ1n) is 3.33. The Labute approximate surface area is 67.7 Å². The van der Waals surface area contributed by atoms with Crippen molar-refractivity contribution >= 4 is 17.3 Å². The largest absolute Gasteiger partial charge is 0.363 e. The van der Waals surface area contributed by atoms with Gasteiger partial charge in [0.2, 0.25) is 0 Å². The van der Waals surface area contributed by atoms with Crippen LogP contribution in [-0.2, 0) is 0 Å². The summed E-state index contributed by atoms with van der Waals surface area (Å²) in [5.41, 5.74) is 1.08. The number of thiocarbonyl (C=S) groups is 1. The van der Waals surface area contributed by atoms with Crippen LogP contribution >= 0.6 is 12.2 Å². The topological polar surface area (TPSA) is 24.1 Å². The van der Waals surface area contributed by atoms with E-state index in [4.69, 9.17) is 12.2 Å². The Balaban J connectivity index is 3.30. The molecule has 2 N–H and O–H groups in total. The van der Waals surface area contributed by atoms with Gasteiger partial charge in [0.05, 0.1) is 0 Å². The van der Waals surface area contributed by atoms with E-state index in [0.717, 1.165) is 18.7 Å². The first kappa shape index (κ1) is 9.43. The molecule has 0 atom stereocenters. The predicted octanol–water partition coefficient (Wildman–Crippen LogP) is 1.05. The molecule has 0 fully saturated rings. The molecule has 3 heteroatoms. The summed E-state index contributed by atoms with van der Waals surface area (Å²) in [4.78, 5) is 0. The van der Waals surface area contributed by atoms with Crippen molar-refractivity contribution in [3.63, 3.8) is 0 Å². The lowest BCUT2D eigenvalue weighted by Gasteiger charge is -2.07. The normalized spacial score (nSPS) is 8.60. The van der Waals surface area contributed by atoms with E-state index in [9.17, 15) is 0 Å². The van der Waals surface area contributed by atoms with Crippen molar-refractivity contribution in [1.29, 1.82) is 0 Å². The fourth-order valence-electron chi connectivity index (χ4n) is 0.454. The summed E-state index contributed by atoms with van der Waals surface area (Å²) >= 11 is 4.91. The van der Waals surface area contributed by atoms with Crippen LogP contribution in [0.1, 0.15) is 13.8 Å². The number of hydrogen-bond donors (Lipinski definition) is 2. The Morgan fingerprint density at radius 2 is 2.10 bits per heavy atom. The third kappa shape index (κ3) is 5.56. The van der Waals surface area contributed by atoms with Crippen LogP contribution in [0.4, 0.5) is 0 Å². The van der Waals surface area contributed by atoms with Gasteiger partial charge in [-0.05, 0) is 26.1 Å². The van der Waals surface area contributed by atoms with Crippen LogP contribution in [0.25, 0.3) is 0 Å². The molecule has 0 aromatic heterocycles. The highest BCUT2D eigenvalue weighted by Gasteiger charge is 1.89. The smallest absolute Gasteiger partial charge is 0.166 e. The highest BCUT2D eigenvalue weighted by Crippen LogP contribution is 1.80. The van der Waals surface area contributed by atoms with Crippen molar-refractivity contribution in [2.75, 3.05) is 13.1 Å². The third-order valence-corrected chi connectivity index (χ3v) is 1.18. The lowest BCUT2D eigenvalue weighted by atomic mass is 10.3. The summed E-state index contributed by atoms with van der Waals surface area (Å²) in [7, 11) is 0. The zero-order valence-electron chi connectivity index (χ0n) is 6.53. The summed E-state index contributed by atoms with van der Waals surface area (Å²) in [6, 6.07) is 0. The molecule has 0 rings (SSSR count). The molecule has 0 heterocycles. The van der Waals surface area contributed by atoms with E-state index in [0.29, 0.717) is 5.11 Å². The molecule has 0 aromatic rings. The predicted molar refractivity (Wildman–Crippen MR) is 49.1 cm³/mol. The maximum Gasteiger partial charge on any atom is 0.166 e. The van der Waals surface area contributed by atoms with Gasteiger partial charge in [-0.15, -0.1) is 0 Å². The van der Waals surface area contributed by atoms with Crippen LogP contribution in [0, 0.1) is 0 Å². The van der Waals surface area contributed by atoms with Crippen molar-refractivity contribution in [2.45, 2.75) is 13.8 Å². The molecule has 0 unspecified atom stereocenters. The van der Waals surface area contributed by atoms with Crippen LogP contribution in [0.5, 0.6) is 0 Å². The third-order valence-electron chi connectivity index (χ3n) is 0.888. The first-order chi connectivity index (χ1) is 4.66. The molecule has 0 saturated heterocycles. The molecule has 0 saturated carbocycles. The fraction of sp³-hybridized carbons (Fsp3) is 0.571. The molecule has 0 spiro atoms. The molecule has 0 radical (unpaired) electrons. The van der Waals surface area contributed by atoms with Gasteiger partial charge in [-0.2, -0.15) is 0 Å². The molecular formula is C7H14N2S. The highest BCUT2D eigenvalue weighted by molar-refractivity contribution is 7.80. The van der Waals surface area contributed by atoms with Gasteiger partial charge in [0.1, 0.15) is 0 Å². The van der Waals surface area contributed by atoms with E-state index in [1.165, 1.54) is 0 Å². The van der Waals surface area contributed by atoms with Gasteiger partial charge in [0, 0.05) is 13.1 Å². The number of hydrogen-bond acceptors (Lipinski definition) is 1. The SMILES string of the molecule is C=C(C)CNC(=S)NCC. The van der Waals surface area contributed by atoms with Gasteiger partial charge in [0.15, 0.2) is 5.11 Å². The van der Waals surface area contributed by atoms with Crippen LogP contribution in [0.3, 0.4) is 0 Å². The molecule has 0 amide bonds. The van der Waals surface area contributed by atoms with Crippen LogP contribution in [0.15, 0.2) is 12.2 Å². The molecule has 58 valence electrons. The van der Waals surface area contributed by atoms with Gasteiger partial charge >= 0.3 is 0 Å². The molecule has 10 heavy (non-hydrogen) atoms. The second-order valence-corrected chi connectivity index (χ2v) is 2.58. The average molecular weight is 158 g/mol. The monoisotopic (exact) mass is 158 g/mol. The minimum Gasteiger partial charge on any atom is -0.363 e. The Morgan fingerprint density at radius 3 is 2.50 bits per heavy atom. The molecule has 0 aliphatic rings. The maximum absolute atomic E-state index is 4.91. The van der Waals surface area contributed by atoms with E-state index in [1.807, 2.05) is 13.8 Å². The Kier molecular flexibility index (Phi) is 4.94. The van der Waals surface area contributed by atoms with E-state index in [2.05, 4.69) is 17.2 Å². The van der Waals surface area contributed by atoms with Gasteiger partial charge < -0.3 is 10.6 Å². The zero-order chi connectivity index (χ0) is 7.98. The molecule has 0 bridgehead atoms. The van der Waals surface area contributed by atoms with E-state index in [1.54, 1.807) is 0 Å². The van der Waals surface area contributed by atoms with Crippen LogP contribution < -0.4 is 10.6 Å². The van der Waals surface area contributed by atoms with Crippen molar-refractivity contribution in [2.24, 2.45) is 0 Å². The second kappa shape index (κ2) is 5.23. The molecule has 0 aromatic carbocycles. The van der Waals surface area contributed by atoms with E-state index < -0.39 is 0 Å². The van der Waals surface area contributed by atoms with Crippen LogP contribution in [0.2, 0.25) is 0 Å². The van der Waals surface area contributed by atoms with Gasteiger partial charge in [-0.3, -0.25) is 0 Å². The maximum atomic E-state index is 4.91. The minimum atomic E-state index is 0.700. The summed E-state index contributed by atoms with van der Waals surface area (Å²) in [5.74, 6) is 0. The fourth-order valence-corrected chi connectivity index (χ4v) is 0.671. The standard InChI is InChI=1S/C7H14N2S/c1-4-8-7(10)9-5-6(2)3/h2,4-5H2,1,3H3,(H2,8,9,10). The first-order valence-corrected chi connectivity index (χ1v) is 3.73. The van der Waals surface area contributed by atoms with E-state index in [-0.39, 0.29) is 0 Å². The van der Waals surface area contributed by atoms with Crippen molar-refractivity contribution in [3.8, 4) is 0 Å². The molecule has 0 aliphatic heterocycles. The quantitative estimate of drug-likeness (QED) is 0.474. The number of rotatable bonds is 3. The summed E-state index contributed by atoms with van der Waals surface area (Å²) in [6.45, 7) is 9.32. The van der Waals surface area contributed by atoms with Crippen molar-refractivity contribution in [1.82, 2.24) is 10.6 Å². The Morgan fingerprint density at radius 1 is 1.50 bits per heavy atom. The number of nitrogens with one attached hydrogen (secondary N) is 2. The summed E-state index contributed by atoms with van der Waals surface area (Å²) in [6.07, 6.45) is 0. The van der Waals surface area contributed by atoms with Gasteiger partial charge in [-0.1, -0.05) is 12.2 Å². The molecule has 2 nitrogen and oxygen atoms in total.